The van der Waals surface area contributed by atoms with Gasteiger partial charge in [-0.3, -0.25) is 4.79 Å². The predicted molar refractivity (Wildman–Crippen MR) is 116 cm³/mol. The molecule has 0 aliphatic carbocycles. The van der Waals surface area contributed by atoms with Crippen molar-refractivity contribution < 1.29 is 23.8 Å². The summed E-state index contributed by atoms with van der Waals surface area (Å²) in [5.74, 6) is -0.0182. The maximum absolute atomic E-state index is 12.5. The molecule has 1 unspecified atom stereocenters. The Morgan fingerprint density at radius 1 is 1.10 bits per heavy atom. The summed E-state index contributed by atoms with van der Waals surface area (Å²) < 4.78 is 16.7. The molecule has 2 amide bonds. The molecule has 1 N–H and O–H groups in total. The second-order valence-corrected chi connectivity index (χ2v) is 7.58. The molecule has 1 fully saturated rings. The third kappa shape index (κ3) is 8.03. The molecule has 7 heteroatoms. The number of nitrogens with one attached hydrogen (secondary N) is 1. The van der Waals surface area contributed by atoms with E-state index in [2.05, 4.69) is 24.4 Å². The Kier molecular flexibility index (Phi) is 8.87. The lowest BCUT2D eigenvalue weighted by Gasteiger charge is -2.33. The number of nitrogens with zero attached hydrogens (tertiary/aromatic N) is 1. The summed E-state index contributed by atoms with van der Waals surface area (Å²) in [6, 6.07) is 17.6. The molecule has 0 saturated carbocycles. The van der Waals surface area contributed by atoms with Crippen LogP contribution in [0.3, 0.4) is 0 Å². The number of morpholine rings is 1. The smallest absolute Gasteiger partial charge is 0.407 e. The summed E-state index contributed by atoms with van der Waals surface area (Å²) in [5, 5.41) is 2.63. The molecule has 1 atom stereocenters. The number of aryl methyl sites for hydroxylation is 1. The molecule has 0 spiro atoms. The fourth-order valence-electron chi connectivity index (χ4n) is 3.36. The Balaban J connectivity index is 1.31. The van der Waals surface area contributed by atoms with Gasteiger partial charge in [0.1, 0.15) is 6.61 Å². The largest absolute Gasteiger partial charge is 0.445 e. The number of carbonyl (C=O) groups excluding carboxylic acids is 2. The van der Waals surface area contributed by atoms with Gasteiger partial charge >= 0.3 is 6.09 Å². The van der Waals surface area contributed by atoms with Crippen LogP contribution >= 0.6 is 0 Å². The van der Waals surface area contributed by atoms with Gasteiger partial charge in [-0.2, -0.15) is 0 Å². The molecular formula is C24H30N2O5. The van der Waals surface area contributed by atoms with Gasteiger partial charge in [-0.25, -0.2) is 4.79 Å². The number of hydrogen-bond acceptors (Lipinski definition) is 5. The van der Waals surface area contributed by atoms with Crippen LogP contribution in [0, 0.1) is 6.92 Å². The van der Waals surface area contributed by atoms with Crippen LogP contribution in [0.15, 0.2) is 54.6 Å². The maximum Gasteiger partial charge on any atom is 0.407 e. The van der Waals surface area contributed by atoms with Crippen LogP contribution in [0.5, 0.6) is 0 Å². The molecule has 0 aromatic heterocycles. The van der Waals surface area contributed by atoms with Gasteiger partial charge in [-0.15, -0.1) is 0 Å². The number of rotatable bonds is 9. The second kappa shape index (κ2) is 12.1. The average molecular weight is 427 g/mol. The minimum atomic E-state index is -0.527. The quantitative estimate of drug-likeness (QED) is 0.667. The Bertz CT molecular complexity index is 843. The summed E-state index contributed by atoms with van der Waals surface area (Å²) in [6.45, 7) is 4.96. The maximum atomic E-state index is 12.5. The van der Waals surface area contributed by atoms with Gasteiger partial charge < -0.3 is 24.4 Å². The first-order chi connectivity index (χ1) is 15.1. The average Bonchev–Trinajstić information content (AvgIpc) is 2.78. The van der Waals surface area contributed by atoms with Gasteiger partial charge in [-0.05, 0) is 18.1 Å². The normalized spacial score (nSPS) is 16.0. The second-order valence-electron chi connectivity index (χ2n) is 7.58. The van der Waals surface area contributed by atoms with E-state index < -0.39 is 6.09 Å². The Morgan fingerprint density at radius 3 is 2.71 bits per heavy atom. The molecule has 1 aliphatic heterocycles. The molecular weight excluding hydrogens is 396 g/mol. The van der Waals surface area contributed by atoms with Gasteiger partial charge in [0, 0.05) is 26.1 Å². The minimum absolute atomic E-state index is 0.0182. The Morgan fingerprint density at radius 2 is 1.90 bits per heavy atom. The fraction of sp³-hybridized carbons (Fsp3) is 0.417. The van der Waals surface area contributed by atoms with Crippen molar-refractivity contribution in [3.63, 3.8) is 0 Å². The summed E-state index contributed by atoms with van der Waals surface area (Å²) >= 11 is 0. The first-order valence-electron chi connectivity index (χ1n) is 10.6. The lowest BCUT2D eigenvalue weighted by molar-refractivity contribution is -0.141. The van der Waals surface area contributed by atoms with Crippen molar-refractivity contribution in [3.8, 4) is 0 Å². The van der Waals surface area contributed by atoms with Crippen LogP contribution in [-0.2, 0) is 32.2 Å². The first kappa shape index (κ1) is 22.8. The van der Waals surface area contributed by atoms with Crippen molar-refractivity contribution >= 4 is 12.0 Å². The molecule has 0 bridgehead atoms. The number of amides is 2. The van der Waals surface area contributed by atoms with Crippen molar-refractivity contribution in [1.29, 1.82) is 0 Å². The van der Waals surface area contributed by atoms with Crippen molar-refractivity contribution in [2.75, 3.05) is 32.8 Å². The highest BCUT2D eigenvalue weighted by atomic mass is 16.5. The van der Waals surface area contributed by atoms with Crippen LogP contribution in [-0.4, -0.2) is 55.9 Å². The molecule has 3 rings (SSSR count). The van der Waals surface area contributed by atoms with Gasteiger partial charge in [0.2, 0.25) is 5.91 Å². The van der Waals surface area contributed by atoms with Crippen LogP contribution in [0.25, 0.3) is 0 Å². The zero-order chi connectivity index (χ0) is 21.9. The van der Waals surface area contributed by atoms with E-state index in [1.807, 2.05) is 42.5 Å². The number of carbonyl (C=O) groups is 2. The van der Waals surface area contributed by atoms with Crippen LogP contribution in [0.4, 0.5) is 4.79 Å². The molecule has 1 heterocycles. The number of ether oxygens (including phenoxy) is 3. The zero-order valence-corrected chi connectivity index (χ0v) is 17.9. The van der Waals surface area contributed by atoms with Gasteiger partial charge in [-0.1, -0.05) is 60.2 Å². The highest BCUT2D eigenvalue weighted by Crippen LogP contribution is 2.10. The van der Waals surface area contributed by atoms with E-state index in [0.29, 0.717) is 32.9 Å². The summed E-state index contributed by atoms with van der Waals surface area (Å²) in [6.07, 6.45) is -0.454. The third-order valence-electron chi connectivity index (χ3n) is 4.97. The van der Waals surface area contributed by atoms with Crippen LogP contribution in [0.2, 0.25) is 0 Å². The van der Waals surface area contributed by atoms with E-state index in [9.17, 15) is 9.59 Å². The van der Waals surface area contributed by atoms with E-state index >= 15 is 0 Å². The Hall–Kier alpha value is -2.90. The van der Waals surface area contributed by atoms with E-state index in [0.717, 1.165) is 11.1 Å². The first-order valence-corrected chi connectivity index (χ1v) is 10.6. The fourth-order valence-corrected chi connectivity index (χ4v) is 3.36. The topological polar surface area (TPSA) is 77.1 Å². The van der Waals surface area contributed by atoms with Crippen molar-refractivity contribution in [2.24, 2.45) is 0 Å². The molecule has 1 saturated heterocycles. The molecule has 2 aromatic carbocycles. The standard InChI is InChI=1S/C24H30N2O5/c1-19-6-5-9-21(14-19)16-29-18-22-15-26(12-13-30-22)23(27)10-11-25-24(28)31-17-20-7-3-2-4-8-20/h2-9,14,22H,10-13,15-18H2,1H3,(H,25,28). The molecule has 31 heavy (non-hydrogen) atoms. The van der Waals surface area contributed by atoms with E-state index in [1.54, 1.807) is 4.90 Å². The monoisotopic (exact) mass is 426 g/mol. The van der Waals surface area contributed by atoms with Crippen molar-refractivity contribution in [2.45, 2.75) is 32.7 Å². The molecule has 0 radical (unpaired) electrons. The summed E-state index contributed by atoms with van der Waals surface area (Å²) in [4.78, 5) is 26.0. The minimum Gasteiger partial charge on any atom is -0.445 e. The SMILES string of the molecule is Cc1cccc(COCC2CN(C(=O)CCNC(=O)OCc3ccccc3)CCO2)c1. The van der Waals surface area contributed by atoms with E-state index in [-0.39, 0.29) is 31.6 Å². The summed E-state index contributed by atoms with van der Waals surface area (Å²) in [7, 11) is 0. The predicted octanol–water partition coefficient (Wildman–Crippen LogP) is 3.06. The van der Waals surface area contributed by atoms with Gasteiger partial charge in [0.15, 0.2) is 0 Å². The molecule has 1 aliphatic rings. The third-order valence-corrected chi connectivity index (χ3v) is 4.97. The van der Waals surface area contributed by atoms with Crippen LogP contribution < -0.4 is 5.32 Å². The number of benzene rings is 2. The van der Waals surface area contributed by atoms with Crippen molar-refractivity contribution in [1.82, 2.24) is 10.2 Å². The molecule has 166 valence electrons. The Labute approximate surface area is 183 Å². The lowest BCUT2D eigenvalue weighted by Crippen LogP contribution is -2.47. The zero-order valence-electron chi connectivity index (χ0n) is 17.9. The van der Waals surface area contributed by atoms with E-state index in [4.69, 9.17) is 14.2 Å². The van der Waals surface area contributed by atoms with Gasteiger partial charge in [0.25, 0.3) is 0 Å². The van der Waals surface area contributed by atoms with Crippen LogP contribution in [0.1, 0.15) is 23.1 Å². The highest BCUT2D eigenvalue weighted by Gasteiger charge is 2.24. The van der Waals surface area contributed by atoms with E-state index in [1.165, 1.54) is 5.56 Å². The van der Waals surface area contributed by atoms with Crippen molar-refractivity contribution in [3.05, 3.63) is 71.3 Å². The van der Waals surface area contributed by atoms with Gasteiger partial charge in [0.05, 0.1) is 25.9 Å². The number of alkyl carbamates (subject to hydrolysis) is 1. The number of hydrogen-bond donors (Lipinski definition) is 1. The highest BCUT2D eigenvalue weighted by molar-refractivity contribution is 5.77. The molecule has 2 aromatic rings. The summed E-state index contributed by atoms with van der Waals surface area (Å²) in [5.41, 5.74) is 3.23. The lowest BCUT2D eigenvalue weighted by atomic mass is 10.1. The molecule has 7 nitrogen and oxygen atoms in total.